The quantitative estimate of drug-likeness (QED) is 0.200. The lowest BCUT2D eigenvalue weighted by atomic mass is 10.2. The summed E-state index contributed by atoms with van der Waals surface area (Å²) in [6.45, 7) is 7.43. The van der Waals surface area contributed by atoms with E-state index in [1.165, 1.54) is 0 Å². The van der Waals surface area contributed by atoms with Crippen LogP contribution in [-0.4, -0.2) is 55.8 Å². The van der Waals surface area contributed by atoms with Crippen molar-refractivity contribution >= 4 is 39.4 Å². The minimum Gasteiger partial charge on any atom is -0.460 e. The predicted octanol–water partition coefficient (Wildman–Crippen LogP) is 3.00. The summed E-state index contributed by atoms with van der Waals surface area (Å²) in [7, 11) is 0. The summed E-state index contributed by atoms with van der Waals surface area (Å²) in [4.78, 5) is 25.6. The minimum atomic E-state index is -0.474. The normalized spacial score (nSPS) is 12.0. The van der Waals surface area contributed by atoms with Crippen LogP contribution in [0, 0.1) is 10.8 Å². The molecule has 0 saturated heterocycles. The van der Waals surface area contributed by atoms with Gasteiger partial charge in [-0.2, -0.15) is 0 Å². The van der Waals surface area contributed by atoms with Gasteiger partial charge < -0.3 is 19.5 Å². The molecule has 0 aliphatic rings. The molecule has 0 aromatic carbocycles. The van der Waals surface area contributed by atoms with Gasteiger partial charge in [0.1, 0.15) is 5.60 Å². The van der Waals surface area contributed by atoms with E-state index >= 15 is 0 Å². The third-order valence-electron chi connectivity index (χ3n) is 2.88. The molecule has 0 bridgehead atoms. The molecule has 0 aliphatic heterocycles. The van der Waals surface area contributed by atoms with E-state index in [2.05, 4.69) is 32.0 Å². The SMILES string of the molecule is CC(C)(C)OC(=O)CCOCCOCCNC(=O)CCCC(Cl)C#CBr. The first kappa shape index (κ1) is 25.2. The Labute approximate surface area is 169 Å². The fraction of sp³-hybridized carbons (Fsp3) is 0.778. The third-order valence-corrected chi connectivity index (χ3v) is 3.44. The smallest absolute Gasteiger partial charge is 0.308 e. The zero-order valence-electron chi connectivity index (χ0n) is 15.7. The van der Waals surface area contributed by atoms with E-state index in [1.807, 2.05) is 20.8 Å². The predicted molar refractivity (Wildman–Crippen MR) is 105 cm³/mol. The first-order chi connectivity index (χ1) is 12.2. The van der Waals surface area contributed by atoms with E-state index in [-0.39, 0.29) is 23.7 Å². The van der Waals surface area contributed by atoms with Crippen LogP contribution in [0.3, 0.4) is 0 Å². The zero-order valence-corrected chi connectivity index (χ0v) is 18.1. The molecular formula is C18H29BrClNO5. The van der Waals surface area contributed by atoms with Gasteiger partial charge in [0.25, 0.3) is 0 Å². The monoisotopic (exact) mass is 453 g/mol. The van der Waals surface area contributed by atoms with Gasteiger partial charge in [0.15, 0.2) is 0 Å². The van der Waals surface area contributed by atoms with E-state index in [4.69, 9.17) is 25.8 Å². The molecule has 1 amide bonds. The van der Waals surface area contributed by atoms with Crippen molar-refractivity contribution in [3.63, 3.8) is 0 Å². The lowest BCUT2D eigenvalue weighted by Crippen LogP contribution is -2.27. The summed E-state index contributed by atoms with van der Waals surface area (Å²) < 4.78 is 15.8. The van der Waals surface area contributed by atoms with Crippen LogP contribution in [0.5, 0.6) is 0 Å². The maximum absolute atomic E-state index is 11.6. The van der Waals surface area contributed by atoms with Gasteiger partial charge in [0.05, 0.1) is 38.2 Å². The Bertz CT molecular complexity index is 470. The number of ether oxygens (including phenoxy) is 3. The number of hydrogen-bond acceptors (Lipinski definition) is 5. The Hall–Kier alpha value is -0.810. The van der Waals surface area contributed by atoms with E-state index in [0.717, 1.165) is 0 Å². The topological polar surface area (TPSA) is 73.9 Å². The summed E-state index contributed by atoms with van der Waals surface area (Å²) in [6, 6.07) is 0. The Balaban J connectivity index is 3.41. The number of halogens is 2. The van der Waals surface area contributed by atoms with Crippen LogP contribution < -0.4 is 5.32 Å². The van der Waals surface area contributed by atoms with E-state index < -0.39 is 5.60 Å². The number of nitrogens with one attached hydrogen (secondary N) is 1. The average Bonchev–Trinajstić information content (AvgIpc) is 2.51. The molecule has 1 unspecified atom stereocenters. The average molecular weight is 455 g/mol. The van der Waals surface area contributed by atoms with Crippen LogP contribution in [0.4, 0.5) is 0 Å². The lowest BCUT2D eigenvalue weighted by molar-refractivity contribution is -0.156. The molecule has 0 aliphatic carbocycles. The number of amides is 1. The molecule has 26 heavy (non-hydrogen) atoms. The highest BCUT2D eigenvalue weighted by atomic mass is 79.9. The molecule has 150 valence electrons. The Kier molecular flexibility index (Phi) is 14.8. The lowest BCUT2D eigenvalue weighted by Gasteiger charge is -2.19. The first-order valence-electron chi connectivity index (χ1n) is 8.64. The highest BCUT2D eigenvalue weighted by Crippen LogP contribution is 2.08. The van der Waals surface area contributed by atoms with Crippen LogP contribution in [-0.2, 0) is 23.8 Å². The second-order valence-electron chi connectivity index (χ2n) is 6.51. The summed E-state index contributed by atoms with van der Waals surface area (Å²) in [5, 5.41) is 2.54. The summed E-state index contributed by atoms with van der Waals surface area (Å²) in [5.74, 6) is 2.45. The minimum absolute atomic E-state index is 0.0297. The standard InChI is InChI=1S/C18H29BrClNO5/c1-18(2,3)26-17(23)8-11-24-13-14-25-12-10-21-16(22)6-4-5-15(20)7-9-19/h15H,4-6,8,10-14H2,1-3H3,(H,21,22). The second-order valence-corrected chi connectivity index (χ2v) is 7.43. The number of alkyl halides is 1. The van der Waals surface area contributed by atoms with Crippen molar-refractivity contribution in [2.75, 3.05) is 33.0 Å². The molecule has 0 radical (unpaired) electrons. The van der Waals surface area contributed by atoms with Gasteiger partial charge >= 0.3 is 5.97 Å². The van der Waals surface area contributed by atoms with Crippen LogP contribution >= 0.6 is 27.5 Å². The molecule has 0 aromatic rings. The van der Waals surface area contributed by atoms with Crippen molar-refractivity contribution in [1.29, 1.82) is 0 Å². The number of hydrogen-bond donors (Lipinski definition) is 1. The fourth-order valence-corrected chi connectivity index (χ4v) is 2.41. The van der Waals surface area contributed by atoms with Gasteiger partial charge in [-0.1, -0.05) is 5.92 Å². The van der Waals surface area contributed by atoms with Crippen molar-refractivity contribution in [3.8, 4) is 10.8 Å². The second kappa shape index (κ2) is 15.3. The Morgan fingerprint density at radius 1 is 1.12 bits per heavy atom. The highest BCUT2D eigenvalue weighted by molar-refractivity contribution is 9.12. The van der Waals surface area contributed by atoms with Crippen molar-refractivity contribution in [2.45, 2.75) is 57.4 Å². The van der Waals surface area contributed by atoms with Crippen molar-refractivity contribution in [3.05, 3.63) is 0 Å². The van der Waals surface area contributed by atoms with Crippen LogP contribution in [0.25, 0.3) is 0 Å². The van der Waals surface area contributed by atoms with E-state index in [1.54, 1.807) is 0 Å². The van der Waals surface area contributed by atoms with Gasteiger partial charge in [-0.25, -0.2) is 0 Å². The van der Waals surface area contributed by atoms with Gasteiger partial charge in [0, 0.05) is 28.9 Å². The molecule has 1 atom stereocenters. The number of rotatable bonds is 13. The van der Waals surface area contributed by atoms with Crippen LogP contribution in [0.15, 0.2) is 0 Å². The zero-order chi connectivity index (χ0) is 19.8. The third kappa shape index (κ3) is 18.0. The molecule has 6 nitrogen and oxygen atoms in total. The molecule has 8 heteroatoms. The summed E-state index contributed by atoms with van der Waals surface area (Å²) >= 11 is 8.90. The molecule has 0 rings (SSSR count). The highest BCUT2D eigenvalue weighted by Gasteiger charge is 2.15. The summed E-state index contributed by atoms with van der Waals surface area (Å²) in [6.07, 6.45) is 2.00. The van der Waals surface area contributed by atoms with Gasteiger partial charge in [-0.05, 0) is 38.4 Å². The van der Waals surface area contributed by atoms with Gasteiger partial charge in [-0.15, -0.1) is 11.6 Å². The molecule has 0 aromatic heterocycles. The maximum atomic E-state index is 11.6. The summed E-state index contributed by atoms with van der Waals surface area (Å²) in [5.41, 5.74) is -0.474. The maximum Gasteiger partial charge on any atom is 0.308 e. The molecular weight excluding hydrogens is 426 g/mol. The number of carbonyl (C=O) groups is 2. The van der Waals surface area contributed by atoms with Crippen molar-refractivity contribution < 1.29 is 23.8 Å². The van der Waals surface area contributed by atoms with Crippen LogP contribution in [0.2, 0.25) is 0 Å². The van der Waals surface area contributed by atoms with E-state index in [0.29, 0.717) is 52.2 Å². The molecule has 0 fully saturated rings. The molecule has 0 heterocycles. The largest absolute Gasteiger partial charge is 0.460 e. The van der Waals surface area contributed by atoms with Crippen LogP contribution in [0.1, 0.15) is 46.5 Å². The van der Waals surface area contributed by atoms with Crippen molar-refractivity contribution in [1.82, 2.24) is 5.32 Å². The Morgan fingerprint density at radius 3 is 2.38 bits per heavy atom. The molecule has 0 spiro atoms. The van der Waals surface area contributed by atoms with Crippen molar-refractivity contribution in [2.24, 2.45) is 0 Å². The Morgan fingerprint density at radius 2 is 1.77 bits per heavy atom. The van der Waals surface area contributed by atoms with Gasteiger partial charge in [-0.3, -0.25) is 9.59 Å². The first-order valence-corrected chi connectivity index (χ1v) is 9.87. The fourth-order valence-electron chi connectivity index (χ4n) is 1.79. The molecule has 0 saturated carbocycles. The number of carbonyl (C=O) groups excluding carboxylic acids is 2. The van der Waals surface area contributed by atoms with Gasteiger partial charge in [0.2, 0.25) is 5.91 Å². The number of esters is 1. The van der Waals surface area contributed by atoms with E-state index in [9.17, 15) is 9.59 Å². The molecule has 1 N–H and O–H groups in total.